The van der Waals surface area contributed by atoms with Gasteiger partial charge in [0, 0.05) is 11.4 Å². The van der Waals surface area contributed by atoms with Crippen molar-refractivity contribution in [3.63, 3.8) is 0 Å². The van der Waals surface area contributed by atoms with Crippen LogP contribution in [0.1, 0.15) is 89.0 Å². The molecule has 1 heteroatoms. The molecule has 0 saturated heterocycles. The van der Waals surface area contributed by atoms with Gasteiger partial charge in [-0.15, -0.1) is 0 Å². The third-order valence-electron chi connectivity index (χ3n) is 5.93. The van der Waals surface area contributed by atoms with E-state index in [1.165, 1.54) is 58.2 Å². The fourth-order valence-electron chi connectivity index (χ4n) is 3.48. The molecule has 202 valence electrons. The van der Waals surface area contributed by atoms with E-state index in [1.807, 2.05) is 19.1 Å². The molecule has 0 aliphatic rings. The molecule has 0 aromatic heterocycles. The molecule has 0 radical (unpaired) electrons. The molecule has 0 unspecified atom stereocenters. The summed E-state index contributed by atoms with van der Waals surface area (Å²) in [5.41, 5.74) is 11.4. The van der Waals surface area contributed by atoms with Crippen LogP contribution in [0.25, 0.3) is 11.1 Å². The summed E-state index contributed by atoms with van der Waals surface area (Å²) in [6.07, 6.45) is 6.35. The molecule has 0 aliphatic heterocycles. The molecule has 0 aliphatic carbocycles. The summed E-state index contributed by atoms with van der Waals surface area (Å²) in [5, 5.41) is 3.14. The van der Waals surface area contributed by atoms with Gasteiger partial charge in [-0.2, -0.15) is 0 Å². The molecule has 0 spiro atoms. The van der Waals surface area contributed by atoms with Crippen LogP contribution in [0.5, 0.6) is 0 Å². The first kappa shape index (κ1) is 33.9. The van der Waals surface area contributed by atoms with Crippen LogP contribution in [0.2, 0.25) is 0 Å². The Morgan fingerprint density at radius 3 is 1.57 bits per heavy atom. The average molecular weight is 500 g/mol. The predicted octanol–water partition coefficient (Wildman–Crippen LogP) is 11.8. The highest BCUT2D eigenvalue weighted by molar-refractivity contribution is 5.70. The second-order valence-corrected chi connectivity index (χ2v) is 9.72. The van der Waals surface area contributed by atoms with Crippen LogP contribution in [0, 0.1) is 27.7 Å². The van der Waals surface area contributed by atoms with Gasteiger partial charge >= 0.3 is 0 Å². The monoisotopic (exact) mass is 499 g/mol. The number of hydrogen-bond acceptors (Lipinski definition) is 1. The molecule has 1 N–H and O–H groups in total. The zero-order valence-corrected chi connectivity index (χ0v) is 25.3. The van der Waals surface area contributed by atoms with E-state index in [0.29, 0.717) is 0 Å². The largest absolute Gasteiger partial charge is 0.360 e. The number of aryl methyl sites for hydroxylation is 4. The lowest BCUT2D eigenvalue weighted by Gasteiger charge is -2.09. The van der Waals surface area contributed by atoms with Gasteiger partial charge in [0.25, 0.3) is 0 Å². The van der Waals surface area contributed by atoms with E-state index in [-0.39, 0.29) is 0 Å². The van der Waals surface area contributed by atoms with Crippen LogP contribution in [0.15, 0.2) is 91.2 Å². The maximum Gasteiger partial charge on any atom is 0.0381 e. The average Bonchev–Trinajstić information content (AvgIpc) is 2.87. The van der Waals surface area contributed by atoms with Gasteiger partial charge in [0.2, 0.25) is 0 Å². The molecule has 0 bridgehead atoms. The summed E-state index contributed by atoms with van der Waals surface area (Å²) >= 11 is 0. The van der Waals surface area contributed by atoms with Gasteiger partial charge in [0.05, 0.1) is 0 Å². The smallest absolute Gasteiger partial charge is 0.0381 e. The number of hydrogen-bond donors (Lipinski definition) is 1. The van der Waals surface area contributed by atoms with E-state index in [9.17, 15) is 0 Å². The number of benzene rings is 3. The Balaban J connectivity index is 0.000000517. The summed E-state index contributed by atoms with van der Waals surface area (Å²) in [6.45, 7) is 26.7. The van der Waals surface area contributed by atoms with Crippen molar-refractivity contribution in [2.75, 3.05) is 5.32 Å². The van der Waals surface area contributed by atoms with Crippen LogP contribution in [0.4, 0.5) is 5.69 Å². The Kier molecular flexibility index (Phi) is 18.4. The molecular weight excluding hydrogens is 446 g/mol. The first-order valence-corrected chi connectivity index (χ1v) is 13.9. The Morgan fingerprint density at radius 2 is 1.16 bits per heavy atom. The number of unbranched alkanes of at least 4 members (excludes halogenated alkanes) is 2. The quantitative estimate of drug-likeness (QED) is 0.319. The summed E-state index contributed by atoms with van der Waals surface area (Å²) in [5.74, 6) is 0. The zero-order valence-electron chi connectivity index (χ0n) is 25.3. The predicted molar refractivity (Wildman–Crippen MR) is 171 cm³/mol. The van der Waals surface area contributed by atoms with Crippen LogP contribution in [-0.2, 0) is 0 Å². The topological polar surface area (TPSA) is 12.0 Å². The highest BCUT2D eigenvalue weighted by atomic mass is 14.9. The van der Waals surface area contributed by atoms with Crippen molar-refractivity contribution in [1.29, 1.82) is 0 Å². The summed E-state index contributed by atoms with van der Waals surface area (Å²) in [4.78, 5) is 0. The van der Waals surface area contributed by atoms with Gasteiger partial charge in [0.1, 0.15) is 0 Å². The molecule has 0 heterocycles. The van der Waals surface area contributed by atoms with Gasteiger partial charge in [-0.3, -0.25) is 0 Å². The number of rotatable bonds is 7. The first-order valence-electron chi connectivity index (χ1n) is 13.9. The summed E-state index contributed by atoms with van der Waals surface area (Å²) in [6, 6.07) is 23.4. The molecule has 0 atom stereocenters. The summed E-state index contributed by atoms with van der Waals surface area (Å²) in [7, 11) is 0. The maximum atomic E-state index is 3.79. The Hall–Kier alpha value is -3.06. The minimum atomic E-state index is 0.967. The van der Waals surface area contributed by atoms with E-state index in [2.05, 4.69) is 128 Å². The Morgan fingerprint density at radius 1 is 0.649 bits per heavy atom. The standard InChI is InChI=1S/C15H16.C10H13N.C6H12.C5H12/c1-11-8-9-15(13(3)10-11)14-7-5-4-6-12(14)2;1-8(2)11-10-6-4-9(3)5-7-10;1-4-6(3)5-2;1-3-5-4-2/h4-10H,1-3H3;4-7,11H,1H2,2-3H3;3-5H2,1-2H3;3-5H2,1-2H3. The molecule has 0 amide bonds. The number of allylic oxidation sites excluding steroid dienone is 2. The minimum Gasteiger partial charge on any atom is -0.360 e. The van der Waals surface area contributed by atoms with E-state index < -0.39 is 0 Å². The second-order valence-electron chi connectivity index (χ2n) is 9.72. The van der Waals surface area contributed by atoms with Crippen molar-refractivity contribution >= 4 is 5.69 Å². The highest BCUT2D eigenvalue weighted by Gasteiger charge is 2.03. The third-order valence-corrected chi connectivity index (χ3v) is 5.93. The molecule has 0 saturated carbocycles. The Labute approximate surface area is 229 Å². The Bertz CT molecular complexity index is 1030. The lowest BCUT2D eigenvalue weighted by Crippen LogP contribution is -1.92. The van der Waals surface area contributed by atoms with Crippen molar-refractivity contribution in [3.05, 3.63) is 113 Å². The second kappa shape index (κ2) is 20.0. The minimum absolute atomic E-state index is 0.967. The number of anilines is 1. The van der Waals surface area contributed by atoms with Crippen LogP contribution < -0.4 is 5.32 Å². The molecule has 3 rings (SSSR count). The van der Waals surface area contributed by atoms with Gasteiger partial charge in [-0.25, -0.2) is 0 Å². The van der Waals surface area contributed by atoms with Crippen LogP contribution >= 0.6 is 0 Å². The van der Waals surface area contributed by atoms with Crippen molar-refractivity contribution in [3.8, 4) is 11.1 Å². The molecular formula is C36H53N. The molecule has 0 fully saturated rings. The van der Waals surface area contributed by atoms with Crippen molar-refractivity contribution in [2.45, 2.75) is 94.4 Å². The molecule has 3 aromatic carbocycles. The van der Waals surface area contributed by atoms with Crippen molar-refractivity contribution in [2.24, 2.45) is 0 Å². The van der Waals surface area contributed by atoms with Gasteiger partial charge < -0.3 is 5.32 Å². The van der Waals surface area contributed by atoms with E-state index in [1.54, 1.807) is 0 Å². The fraction of sp³-hybridized carbons (Fsp3) is 0.389. The zero-order chi connectivity index (χ0) is 28.2. The first-order chi connectivity index (χ1) is 17.6. The number of nitrogens with one attached hydrogen (secondary N) is 1. The van der Waals surface area contributed by atoms with Gasteiger partial charge in [-0.05, 0) is 81.8 Å². The SMILES string of the molecule is C=C(C)Nc1ccc(C)cc1.C=C(CC)CC.CCCCC.Cc1ccc(-c2ccccc2C)c(C)c1. The van der Waals surface area contributed by atoms with Crippen LogP contribution in [-0.4, -0.2) is 0 Å². The van der Waals surface area contributed by atoms with Gasteiger partial charge in [-0.1, -0.05) is 131 Å². The van der Waals surface area contributed by atoms with Crippen molar-refractivity contribution < 1.29 is 0 Å². The van der Waals surface area contributed by atoms with Gasteiger partial charge in [0.15, 0.2) is 0 Å². The fourth-order valence-corrected chi connectivity index (χ4v) is 3.48. The van der Waals surface area contributed by atoms with E-state index in [4.69, 9.17) is 0 Å². The normalized spacial score (nSPS) is 9.43. The maximum absolute atomic E-state index is 3.79. The lowest BCUT2D eigenvalue weighted by atomic mass is 9.95. The lowest BCUT2D eigenvalue weighted by molar-refractivity contribution is 0.772. The van der Waals surface area contributed by atoms with E-state index in [0.717, 1.165) is 24.2 Å². The summed E-state index contributed by atoms with van der Waals surface area (Å²) < 4.78 is 0. The van der Waals surface area contributed by atoms with E-state index >= 15 is 0 Å². The molecule has 37 heavy (non-hydrogen) atoms. The van der Waals surface area contributed by atoms with Crippen LogP contribution in [0.3, 0.4) is 0 Å². The third kappa shape index (κ3) is 15.6. The molecule has 3 aromatic rings. The van der Waals surface area contributed by atoms with Crippen molar-refractivity contribution in [1.82, 2.24) is 0 Å². The highest BCUT2D eigenvalue weighted by Crippen LogP contribution is 2.26. The molecule has 1 nitrogen and oxygen atoms in total.